The van der Waals surface area contributed by atoms with Gasteiger partial charge in [0.1, 0.15) is 6.04 Å². The molecule has 1 N–H and O–H groups in total. The van der Waals surface area contributed by atoms with Crippen LogP contribution in [0.5, 0.6) is 0 Å². The van der Waals surface area contributed by atoms with Gasteiger partial charge in [0.15, 0.2) is 0 Å². The molecule has 0 aliphatic rings. The van der Waals surface area contributed by atoms with E-state index in [0.717, 1.165) is 17.5 Å². The average Bonchev–Trinajstić information content (AvgIpc) is 2.35. The zero-order chi connectivity index (χ0) is 13.7. The highest BCUT2D eigenvalue weighted by atomic mass is 35.5. The number of hydrogen-bond acceptors (Lipinski definition) is 3. The van der Waals surface area contributed by atoms with Crippen molar-refractivity contribution < 1.29 is 9.53 Å². The Kier molecular flexibility index (Phi) is 5.63. The summed E-state index contributed by atoms with van der Waals surface area (Å²) in [5, 5.41) is 3.95. The van der Waals surface area contributed by atoms with E-state index in [1.807, 2.05) is 26.0 Å². The van der Waals surface area contributed by atoms with Crippen LogP contribution < -0.4 is 5.32 Å². The van der Waals surface area contributed by atoms with Gasteiger partial charge in [-0.3, -0.25) is 5.32 Å². The summed E-state index contributed by atoms with van der Waals surface area (Å²) >= 11 is 5.93. The van der Waals surface area contributed by atoms with Gasteiger partial charge in [-0.25, -0.2) is 4.79 Å². The number of halogens is 1. The minimum atomic E-state index is -0.442. The highest BCUT2D eigenvalue weighted by molar-refractivity contribution is 6.30. The number of methoxy groups -OCH3 is 1. The maximum absolute atomic E-state index is 11.9. The lowest BCUT2D eigenvalue weighted by atomic mass is 10.0. The molecule has 0 saturated carbocycles. The third kappa shape index (κ3) is 3.72. The van der Waals surface area contributed by atoms with E-state index < -0.39 is 6.04 Å². The second kappa shape index (κ2) is 6.76. The normalized spacial score (nSPS) is 14.1. The summed E-state index contributed by atoms with van der Waals surface area (Å²) in [7, 11) is 1.40. The molecular weight excluding hydrogens is 250 g/mol. The Balaban J connectivity index is 3.05. The van der Waals surface area contributed by atoms with E-state index in [-0.39, 0.29) is 12.0 Å². The van der Waals surface area contributed by atoms with Gasteiger partial charge in [0.2, 0.25) is 0 Å². The highest BCUT2D eigenvalue weighted by Crippen LogP contribution is 2.23. The van der Waals surface area contributed by atoms with E-state index in [4.69, 9.17) is 16.3 Å². The van der Waals surface area contributed by atoms with Crippen LogP contribution in [0.1, 0.15) is 37.4 Å². The van der Waals surface area contributed by atoms with Crippen molar-refractivity contribution in [1.82, 2.24) is 5.32 Å². The molecule has 3 nitrogen and oxygen atoms in total. The number of esters is 1. The second-order valence-corrected chi connectivity index (χ2v) is 4.87. The van der Waals surface area contributed by atoms with Gasteiger partial charge >= 0.3 is 5.97 Å². The zero-order valence-electron chi connectivity index (χ0n) is 11.3. The van der Waals surface area contributed by atoms with Gasteiger partial charge in [-0.15, -0.1) is 0 Å². The molecule has 0 radical (unpaired) electrons. The standard InChI is InChI=1S/C14H20ClNO2/c1-5-10(3)16-13(14(17)18-4)12-7-6-11(15)8-9(12)2/h6-8,10,13,16H,5H2,1-4H3. The topological polar surface area (TPSA) is 38.3 Å². The van der Waals surface area contributed by atoms with E-state index in [1.165, 1.54) is 7.11 Å². The molecule has 0 aliphatic carbocycles. The molecule has 0 heterocycles. The van der Waals surface area contributed by atoms with E-state index in [0.29, 0.717) is 5.02 Å². The van der Waals surface area contributed by atoms with Crippen molar-refractivity contribution >= 4 is 17.6 Å². The van der Waals surface area contributed by atoms with Gasteiger partial charge in [0.05, 0.1) is 7.11 Å². The third-order valence-corrected chi connectivity index (χ3v) is 3.28. The molecule has 0 spiro atoms. The predicted octanol–water partition coefficient (Wildman–Crippen LogP) is 3.25. The summed E-state index contributed by atoms with van der Waals surface area (Å²) < 4.78 is 4.86. The van der Waals surface area contributed by atoms with Gasteiger partial charge in [-0.05, 0) is 43.5 Å². The van der Waals surface area contributed by atoms with Gasteiger partial charge in [0.25, 0.3) is 0 Å². The van der Waals surface area contributed by atoms with Crippen molar-refractivity contribution in [2.45, 2.75) is 39.3 Å². The molecule has 0 fully saturated rings. The molecule has 0 aromatic heterocycles. The summed E-state index contributed by atoms with van der Waals surface area (Å²) in [6.07, 6.45) is 0.945. The van der Waals surface area contributed by atoms with E-state index in [1.54, 1.807) is 6.07 Å². The number of benzene rings is 1. The molecule has 0 bridgehead atoms. The summed E-state index contributed by atoms with van der Waals surface area (Å²) in [6.45, 7) is 6.05. The van der Waals surface area contributed by atoms with Crippen molar-refractivity contribution in [2.24, 2.45) is 0 Å². The lowest BCUT2D eigenvalue weighted by Crippen LogP contribution is -2.36. The first-order valence-corrected chi connectivity index (χ1v) is 6.47. The van der Waals surface area contributed by atoms with Crippen molar-refractivity contribution in [1.29, 1.82) is 0 Å². The van der Waals surface area contributed by atoms with Crippen LogP contribution in [-0.4, -0.2) is 19.1 Å². The van der Waals surface area contributed by atoms with Crippen LogP contribution in [0.25, 0.3) is 0 Å². The number of hydrogen-bond donors (Lipinski definition) is 1. The zero-order valence-corrected chi connectivity index (χ0v) is 12.0. The lowest BCUT2D eigenvalue weighted by molar-refractivity contribution is -0.143. The van der Waals surface area contributed by atoms with E-state index >= 15 is 0 Å². The molecule has 1 aromatic rings. The first kappa shape index (κ1) is 15.0. The van der Waals surface area contributed by atoms with Crippen molar-refractivity contribution in [3.63, 3.8) is 0 Å². The summed E-state index contributed by atoms with van der Waals surface area (Å²) in [6, 6.07) is 5.31. The maximum atomic E-state index is 11.9. The fourth-order valence-electron chi connectivity index (χ4n) is 1.77. The Labute approximate surface area is 113 Å². The van der Waals surface area contributed by atoms with Crippen molar-refractivity contribution in [3.8, 4) is 0 Å². The Morgan fingerprint density at radius 1 is 1.50 bits per heavy atom. The van der Waals surface area contributed by atoms with Crippen LogP contribution in [0.3, 0.4) is 0 Å². The molecule has 4 heteroatoms. The van der Waals surface area contributed by atoms with E-state index in [9.17, 15) is 4.79 Å². The summed E-state index contributed by atoms with van der Waals surface area (Å²) in [5.74, 6) is -0.277. The first-order valence-electron chi connectivity index (χ1n) is 6.09. The average molecular weight is 270 g/mol. The number of rotatable bonds is 5. The summed E-state index contributed by atoms with van der Waals surface area (Å²) in [5.41, 5.74) is 1.89. The number of nitrogens with one attached hydrogen (secondary N) is 1. The molecule has 100 valence electrons. The van der Waals surface area contributed by atoms with Crippen molar-refractivity contribution in [3.05, 3.63) is 34.3 Å². The molecule has 2 atom stereocenters. The molecule has 0 saturated heterocycles. The lowest BCUT2D eigenvalue weighted by Gasteiger charge is -2.22. The van der Waals surface area contributed by atoms with Gasteiger partial charge < -0.3 is 4.74 Å². The number of aryl methyl sites for hydroxylation is 1. The van der Waals surface area contributed by atoms with Crippen LogP contribution in [0.2, 0.25) is 5.02 Å². The van der Waals surface area contributed by atoms with E-state index in [2.05, 4.69) is 12.2 Å². The SMILES string of the molecule is CCC(C)NC(C(=O)OC)c1ccc(Cl)cc1C. The monoisotopic (exact) mass is 269 g/mol. The third-order valence-electron chi connectivity index (χ3n) is 3.04. The summed E-state index contributed by atoms with van der Waals surface area (Å²) in [4.78, 5) is 11.9. The second-order valence-electron chi connectivity index (χ2n) is 4.43. The maximum Gasteiger partial charge on any atom is 0.327 e. The molecule has 18 heavy (non-hydrogen) atoms. The van der Waals surface area contributed by atoms with Gasteiger partial charge in [0, 0.05) is 11.1 Å². The van der Waals surface area contributed by atoms with Gasteiger partial charge in [-0.1, -0.05) is 24.6 Å². The van der Waals surface area contributed by atoms with Crippen LogP contribution in [0, 0.1) is 6.92 Å². The Morgan fingerprint density at radius 2 is 2.17 bits per heavy atom. The highest BCUT2D eigenvalue weighted by Gasteiger charge is 2.24. The molecule has 2 unspecified atom stereocenters. The number of carbonyl (C=O) groups excluding carboxylic acids is 1. The molecule has 0 amide bonds. The predicted molar refractivity (Wildman–Crippen MR) is 73.8 cm³/mol. The number of carbonyl (C=O) groups is 1. The van der Waals surface area contributed by atoms with Crippen LogP contribution in [0.4, 0.5) is 0 Å². The minimum absolute atomic E-state index is 0.240. The Hall–Kier alpha value is -1.06. The van der Waals surface area contributed by atoms with Crippen LogP contribution in [0.15, 0.2) is 18.2 Å². The molecule has 1 rings (SSSR count). The molecule has 0 aliphatic heterocycles. The first-order chi connectivity index (χ1) is 8.49. The fourth-order valence-corrected chi connectivity index (χ4v) is 1.99. The molecular formula is C14H20ClNO2. The van der Waals surface area contributed by atoms with Gasteiger partial charge in [-0.2, -0.15) is 0 Å². The minimum Gasteiger partial charge on any atom is -0.468 e. The fraction of sp³-hybridized carbons (Fsp3) is 0.500. The van der Waals surface area contributed by atoms with Crippen LogP contribution >= 0.6 is 11.6 Å². The Morgan fingerprint density at radius 3 is 2.67 bits per heavy atom. The largest absolute Gasteiger partial charge is 0.468 e. The molecule has 1 aromatic carbocycles. The smallest absolute Gasteiger partial charge is 0.327 e. The van der Waals surface area contributed by atoms with Crippen molar-refractivity contribution in [2.75, 3.05) is 7.11 Å². The van der Waals surface area contributed by atoms with Crippen LogP contribution in [-0.2, 0) is 9.53 Å². The number of ether oxygens (including phenoxy) is 1. The quantitative estimate of drug-likeness (QED) is 0.834. The Bertz CT molecular complexity index is 420.